The minimum Gasteiger partial charge on any atom is -0.383 e. The number of urea groups is 1. The van der Waals surface area contributed by atoms with Gasteiger partial charge < -0.3 is 24.6 Å². The zero-order valence-corrected chi connectivity index (χ0v) is 18.9. The van der Waals surface area contributed by atoms with Crippen molar-refractivity contribution in [2.24, 2.45) is 5.41 Å². The van der Waals surface area contributed by atoms with Gasteiger partial charge in [0.1, 0.15) is 0 Å². The van der Waals surface area contributed by atoms with Crippen molar-refractivity contribution < 1.29 is 27.5 Å². The van der Waals surface area contributed by atoms with Crippen LogP contribution >= 0.6 is 0 Å². The third-order valence-corrected chi connectivity index (χ3v) is 8.11. The van der Waals surface area contributed by atoms with Crippen LogP contribution in [0.1, 0.15) is 26.7 Å². The first-order chi connectivity index (χ1) is 14.2. The maximum atomic E-state index is 13.8. The Hall–Kier alpha value is -1.43. The van der Waals surface area contributed by atoms with Gasteiger partial charge in [0, 0.05) is 51.9 Å². The van der Waals surface area contributed by atoms with E-state index in [1.807, 2.05) is 13.8 Å². The van der Waals surface area contributed by atoms with E-state index in [9.17, 15) is 18.0 Å². The molecule has 30 heavy (non-hydrogen) atoms. The Morgan fingerprint density at radius 2 is 1.90 bits per heavy atom. The number of amides is 3. The number of carbonyl (C=O) groups is 2. The minimum atomic E-state index is -3.49. The lowest BCUT2D eigenvalue weighted by Crippen LogP contribution is -2.70. The fraction of sp³-hybridized carbons (Fsp3) is 0.895. The highest BCUT2D eigenvalue weighted by atomic mass is 32.2. The summed E-state index contributed by atoms with van der Waals surface area (Å²) < 4.78 is 37.7. The first-order valence-corrected chi connectivity index (χ1v) is 12.2. The van der Waals surface area contributed by atoms with Crippen LogP contribution in [-0.2, 0) is 24.3 Å². The molecule has 3 aliphatic rings. The summed E-state index contributed by atoms with van der Waals surface area (Å²) in [4.78, 5) is 30.0. The SMILES string of the molecule is COCCN1[C@@H]2CCN(C(=O)NC(C)C)C[C@@]2(C(=O)N2CCOCC2)CCS1(=O)=O. The number of nitrogens with one attached hydrogen (secondary N) is 1. The van der Waals surface area contributed by atoms with Crippen LogP contribution < -0.4 is 5.32 Å². The van der Waals surface area contributed by atoms with Gasteiger partial charge in [0.15, 0.2) is 0 Å². The van der Waals surface area contributed by atoms with Crippen molar-refractivity contribution in [2.45, 2.75) is 38.8 Å². The van der Waals surface area contributed by atoms with Gasteiger partial charge in [-0.3, -0.25) is 4.79 Å². The zero-order chi connectivity index (χ0) is 21.9. The summed E-state index contributed by atoms with van der Waals surface area (Å²) in [6.45, 7) is 6.76. The second-order valence-electron chi connectivity index (χ2n) is 8.56. The molecule has 3 rings (SSSR count). The van der Waals surface area contributed by atoms with Crippen molar-refractivity contribution in [3.63, 3.8) is 0 Å². The number of sulfonamides is 1. The Bertz CT molecular complexity index is 739. The first-order valence-electron chi connectivity index (χ1n) is 10.6. The molecule has 0 aromatic carbocycles. The van der Waals surface area contributed by atoms with Gasteiger partial charge in [-0.05, 0) is 26.7 Å². The van der Waals surface area contributed by atoms with E-state index in [0.717, 1.165) is 0 Å². The smallest absolute Gasteiger partial charge is 0.317 e. The summed E-state index contributed by atoms with van der Waals surface area (Å²) in [7, 11) is -1.96. The topological polar surface area (TPSA) is 108 Å². The molecular weight excluding hydrogens is 412 g/mol. The quantitative estimate of drug-likeness (QED) is 0.622. The van der Waals surface area contributed by atoms with Crippen molar-refractivity contribution >= 4 is 22.0 Å². The summed E-state index contributed by atoms with van der Waals surface area (Å²) in [6.07, 6.45) is 0.635. The molecule has 3 amide bonds. The number of ether oxygens (including phenoxy) is 2. The highest BCUT2D eigenvalue weighted by molar-refractivity contribution is 7.89. The maximum Gasteiger partial charge on any atom is 0.317 e. The number of hydrogen-bond donors (Lipinski definition) is 1. The van der Waals surface area contributed by atoms with E-state index in [0.29, 0.717) is 39.3 Å². The van der Waals surface area contributed by atoms with E-state index in [2.05, 4.69) is 5.32 Å². The fourth-order valence-electron chi connectivity index (χ4n) is 4.75. The van der Waals surface area contributed by atoms with E-state index < -0.39 is 21.5 Å². The molecule has 3 aliphatic heterocycles. The number of methoxy groups -OCH3 is 1. The number of likely N-dealkylation sites (tertiary alicyclic amines) is 1. The zero-order valence-electron chi connectivity index (χ0n) is 18.1. The van der Waals surface area contributed by atoms with Crippen molar-refractivity contribution in [1.29, 1.82) is 0 Å². The summed E-state index contributed by atoms with van der Waals surface area (Å²) in [5, 5.41) is 2.90. The third kappa shape index (κ3) is 4.58. The van der Waals surface area contributed by atoms with E-state index >= 15 is 0 Å². The standard InChI is InChI=1S/C19H34N4O6S/c1-15(2)20-18(25)22-6-4-16-19(14-22,17(24)21-7-11-29-12-8-21)5-13-30(26,27)23(16)9-10-28-3/h15-16H,4-14H2,1-3H3,(H,20,25)/t16-,19+/m1/s1. The summed E-state index contributed by atoms with van der Waals surface area (Å²) in [6, 6.07) is -0.717. The number of carbonyl (C=O) groups excluding carboxylic acids is 2. The van der Waals surface area contributed by atoms with Gasteiger partial charge in [-0.2, -0.15) is 4.31 Å². The van der Waals surface area contributed by atoms with Crippen LogP contribution in [0, 0.1) is 5.41 Å². The van der Waals surface area contributed by atoms with Gasteiger partial charge in [-0.25, -0.2) is 13.2 Å². The van der Waals surface area contributed by atoms with Crippen LogP contribution in [0.2, 0.25) is 0 Å². The maximum absolute atomic E-state index is 13.8. The molecule has 3 saturated heterocycles. The number of rotatable bonds is 5. The Morgan fingerprint density at radius 3 is 2.53 bits per heavy atom. The highest BCUT2D eigenvalue weighted by Crippen LogP contribution is 2.44. The van der Waals surface area contributed by atoms with Gasteiger partial charge in [0.05, 0.1) is 31.0 Å². The van der Waals surface area contributed by atoms with E-state index in [1.54, 1.807) is 9.80 Å². The van der Waals surface area contributed by atoms with Crippen molar-refractivity contribution in [1.82, 2.24) is 19.4 Å². The third-order valence-electron chi connectivity index (χ3n) is 6.23. The molecule has 0 saturated carbocycles. The van der Waals surface area contributed by atoms with Crippen molar-refractivity contribution in [3.05, 3.63) is 0 Å². The number of fused-ring (bicyclic) bond motifs is 1. The van der Waals surface area contributed by atoms with Crippen molar-refractivity contribution in [3.8, 4) is 0 Å². The molecule has 0 aliphatic carbocycles. The van der Waals surface area contributed by atoms with Gasteiger partial charge in [0.2, 0.25) is 15.9 Å². The Morgan fingerprint density at radius 1 is 1.20 bits per heavy atom. The van der Waals surface area contributed by atoms with Gasteiger partial charge in [-0.1, -0.05) is 0 Å². The molecule has 0 bridgehead atoms. The van der Waals surface area contributed by atoms with E-state index in [1.165, 1.54) is 11.4 Å². The molecule has 10 nitrogen and oxygen atoms in total. The number of piperidine rings is 1. The van der Waals surface area contributed by atoms with Crippen molar-refractivity contribution in [2.75, 3.05) is 65.4 Å². The monoisotopic (exact) mass is 446 g/mol. The minimum absolute atomic E-state index is 0.0222. The molecular formula is C19H34N4O6S. The molecule has 3 fully saturated rings. The molecule has 2 atom stereocenters. The lowest BCUT2D eigenvalue weighted by atomic mass is 9.71. The largest absolute Gasteiger partial charge is 0.383 e. The first kappa shape index (κ1) is 23.2. The van der Waals surface area contributed by atoms with Crippen LogP contribution in [0.4, 0.5) is 4.79 Å². The fourth-order valence-corrected chi connectivity index (χ4v) is 6.66. The van der Waals surface area contributed by atoms with Crippen LogP contribution in [0.25, 0.3) is 0 Å². The normalized spacial score (nSPS) is 29.5. The second-order valence-corrected chi connectivity index (χ2v) is 10.6. The van der Waals surface area contributed by atoms with Crippen LogP contribution in [-0.4, -0.2) is 112 Å². The molecule has 172 valence electrons. The predicted octanol–water partition coefficient (Wildman–Crippen LogP) is -0.294. The second kappa shape index (κ2) is 9.37. The van der Waals surface area contributed by atoms with Gasteiger partial charge >= 0.3 is 6.03 Å². The highest BCUT2D eigenvalue weighted by Gasteiger charge is 2.58. The molecule has 3 heterocycles. The van der Waals surface area contributed by atoms with Gasteiger partial charge in [-0.15, -0.1) is 0 Å². The predicted molar refractivity (Wildman–Crippen MR) is 110 cm³/mol. The molecule has 11 heteroatoms. The van der Waals surface area contributed by atoms with Crippen LogP contribution in [0.3, 0.4) is 0 Å². The lowest BCUT2D eigenvalue weighted by Gasteiger charge is -2.54. The summed E-state index contributed by atoms with van der Waals surface area (Å²) in [5.41, 5.74) is -0.955. The molecule has 0 radical (unpaired) electrons. The average Bonchev–Trinajstić information content (AvgIpc) is 2.72. The van der Waals surface area contributed by atoms with Gasteiger partial charge in [0.25, 0.3) is 0 Å². The Balaban J connectivity index is 1.94. The van der Waals surface area contributed by atoms with Crippen LogP contribution in [0.5, 0.6) is 0 Å². The molecule has 0 aromatic heterocycles. The average molecular weight is 447 g/mol. The van der Waals surface area contributed by atoms with E-state index in [4.69, 9.17) is 9.47 Å². The Kier molecular flexibility index (Phi) is 7.26. The molecule has 1 N–H and O–H groups in total. The number of nitrogens with zero attached hydrogens (tertiary/aromatic N) is 3. The summed E-state index contributed by atoms with van der Waals surface area (Å²) in [5.74, 6) is -0.182. The van der Waals surface area contributed by atoms with E-state index in [-0.39, 0.29) is 49.9 Å². The Labute approximate surface area is 178 Å². The van der Waals surface area contributed by atoms with Crippen LogP contribution in [0.15, 0.2) is 0 Å². The molecule has 0 aromatic rings. The molecule has 0 unspecified atom stereocenters. The lowest BCUT2D eigenvalue weighted by molar-refractivity contribution is -0.154. The number of hydrogen-bond acceptors (Lipinski definition) is 6. The number of morpholine rings is 1. The summed E-state index contributed by atoms with van der Waals surface area (Å²) >= 11 is 0. The molecule has 0 spiro atoms.